The summed E-state index contributed by atoms with van der Waals surface area (Å²) < 4.78 is 24.2. The minimum Gasteiger partial charge on any atom is -0.346 e. The standard InChI is InChI=1S/C15H20BrN3O2S2/c16-12-2-1-3-13(10-12)17-15(22)19-7-5-18(6-8-19)14-4-9-23(20,21)11-14/h1-3,10,14H,4-9,11H2,(H,17,22)/t14-/m1/s1. The summed E-state index contributed by atoms with van der Waals surface area (Å²) in [4.78, 5) is 4.44. The molecule has 0 aliphatic carbocycles. The molecular formula is C15H20BrN3O2S2. The number of nitrogens with zero attached hydrogens (tertiary/aromatic N) is 2. The molecule has 1 aromatic carbocycles. The fourth-order valence-corrected chi connectivity index (χ4v) is 5.58. The van der Waals surface area contributed by atoms with Crippen LogP contribution in [-0.4, -0.2) is 67.1 Å². The monoisotopic (exact) mass is 417 g/mol. The summed E-state index contributed by atoms with van der Waals surface area (Å²) in [6, 6.07) is 8.10. The summed E-state index contributed by atoms with van der Waals surface area (Å²) in [5.41, 5.74) is 0.966. The molecule has 0 bridgehead atoms. The molecule has 0 radical (unpaired) electrons. The van der Waals surface area contributed by atoms with Crippen LogP contribution in [0.2, 0.25) is 0 Å². The van der Waals surface area contributed by atoms with Crippen LogP contribution in [0.3, 0.4) is 0 Å². The molecule has 5 nitrogen and oxygen atoms in total. The van der Waals surface area contributed by atoms with E-state index in [-0.39, 0.29) is 6.04 Å². The molecule has 2 fully saturated rings. The van der Waals surface area contributed by atoms with Crippen LogP contribution in [0.25, 0.3) is 0 Å². The SMILES string of the molecule is O=S1(=O)CC[C@@H](N2CCN(C(=S)Nc3cccc(Br)c3)CC2)C1. The number of nitrogens with one attached hydrogen (secondary N) is 1. The third-order valence-electron chi connectivity index (χ3n) is 4.40. The number of benzene rings is 1. The lowest BCUT2D eigenvalue weighted by atomic mass is 10.2. The van der Waals surface area contributed by atoms with E-state index in [0.29, 0.717) is 11.5 Å². The maximum atomic E-state index is 11.6. The van der Waals surface area contributed by atoms with Gasteiger partial charge in [-0.2, -0.15) is 0 Å². The van der Waals surface area contributed by atoms with Crippen molar-refractivity contribution >= 4 is 48.8 Å². The van der Waals surface area contributed by atoms with Crippen LogP contribution in [0.4, 0.5) is 5.69 Å². The van der Waals surface area contributed by atoms with Gasteiger partial charge >= 0.3 is 0 Å². The topological polar surface area (TPSA) is 52.7 Å². The Morgan fingerprint density at radius 3 is 2.61 bits per heavy atom. The Labute approximate surface area is 151 Å². The van der Waals surface area contributed by atoms with E-state index in [0.717, 1.165) is 47.9 Å². The van der Waals surface area contributed by atoms with Gasteiger partial charge in [0.05, 0.1) is 11.5 Å². The van der Waals surface area contributed by atoms with Gasteiger partial charge in [-0.25, -0.2) is 8.42 Å². The number of sulfone groups is 1. The quantitative estimate of drug-likeness (QED) is 0.742. The third kappa shape index (κ3) is 4.43. The van der Waals surface area contributed by atoms with Crippen molar-refractivity contribution in [2.24, 2.45) is 0 Å². The predicted octanol–water partition coefficient (Wildman–Crippen LogP) is 1.95. The molecule has 2 saturated heterocycles. The Morgan fingerprint density at radius 1 is 1.26 bits per heavy atom. The average molecular weight is 418 g/mol. The zero-order chi connectivity index (χ0) is 16.4. The molecule has 8 heteroatoms. The van der Waals surface area contributed by atoms with E-state index in [2.05, 4.69) is 31.0 Å². The second kappa shape index (κ2) is 7.04. The molecule has 0 unspecified atom stereocenters. The van der Waals surface area contributed by atoms with E-state index in [1.54, 1.807) is 0 Å². The van der Waals surface area contributed by atoms with Crippen LogP contribution >= 0.6 is 28.1 Å². The highest BCUT2D eigenvalue weighted by atomic mass is 79.9. The lowest BCUT2D eigenvalue weighted by Crippen LogP contribution is -2.53. The van der Waals surface area contributed by atoms with Crippen LogP contribution < -0.4 is 5.32 Å². The van der Waals surface area contributed by atoms with Gasteiger partial charge in [0.2, 0.25) is 0 Å². The highest BCUT2D eigenvalue weighted by Crippen LogP contribution is 2.20. The molecule has 2 heterocycles. The van der Waals surface area contributed by atoms with Gasteiger partial charge in [0, 0.05) is 42.4 Å². The molecule has 0 aromatic heterocycles. The first-order valence-electron chi connectivity index (χ1n) is 7.69. The number of piperazine rings is 1. The van der Waals surface area contributed by atoms with Crippen LogP contribution in [0.15, 0.2) is 28.7 Å². The highest BCUT2D eigenvalue weighted by molar-refractivity contribution is 9.10. The fraction of sp³-hybridized carbons (Fsp3) is 0.533. The van der Waals surface area contributed by atoms with Gasteiger partial charge < -0.3 is 10.2 Å². The largest absolute Gasteiger partial charge is 0.346 e. The van der Waals surface area contributed by atoms with E-state index in [9.17, 15) is 8.42 Å². The number of halogens is 1. The summed E-state index contributed by atoms with van der Waals surface area (Å²) in [7, 11) is -2.82. The van der Waals surface area contributed by atoms with Gasteiger partial charge in [-0.1, -0.05) is 22.0 Å². The summed E-state index contributed by atoms with van der Waals surface area (Å²) in [6.45, 7) is 3.38. The van der Waals surface area contributed by atoms with Crippen molar-refractivity contribution in [1.29, 1.82) is 0 Å². The first-order valence-corrected chi connectivity index (χ1v) is 10.7. The van der Waals surface area contributed by atoms with E-state index in [1.807, 2.05) is 24.3 Å². The van der Waals surface area contributed by atoms with Gasteiger partial charge in [0.1, 0.15) is 0 Å². The Balaban J connectivity index is 1.51. The van der Waals surface area contributed by atoms with Crippen molar-refractivity contribution in [2.45, 2.75) is 12.5 Å². The van der Waals surface area contributed by atoms with E-state index in [4.69, 9.17) is 12.2 Å². The van der Waals surface area contributed by atoms with Gasteiger partial charge in [0.15, 0.2) is 14.9 Å². The second-order valence-corrected chi connectivity index (χ2v) is 9.55. The normalized spacial score (nSPS) is 24.6. The Bertz CT molecular complexity index is 688. The molecular weight excluding hydrogens is 398 g/mol. The molecule has 3 rings (SSSR count). The Kier molecular flexibility index (Phi) is 5.25. The molecule has 1 N–H and O–H groups in total. The first-order chi connectivity index (χ1) is 10.9. The molecule has 0 spiro atoms. The van der Waals surface area contributed by atoms with Crippen molar-refractivity contribution < 1.29 is 8.42 Å². The van der Waals surface area contributed by atoms with Gasteiger partial charge in [-0.05, 0) is 36.8 Å². The third-order valence-corrected chi connectivity index (χ3v) is 7.01. The summed E-state index contributed by atoms with van der Waals surface area (Å²) in [5, 5.41) is 3.99. The van der Waals surface area contributed by atoms with Crippen LogP contribution in [-0.2, 0) is 9.84 Å². The van der Waals surface area contributed by atoms with Crippen molar-refractivity contribution in [3.63, 3.8) is 0 Å². The number of rotatable bonds is 2. The Hall–Kier alpha value is -0.700. The lowest BCUT2D eigenvalue weighted by molar-refractivity contribution is 0.144. The molecule has 126 valence electrons. The van der Waals surface area contributed by atoms with E-state index < -0.39 is 9.84 Å². The number of hydrogen-bond donors (Lipinski definition) is 1. The van der Waals surface area contributed by atoms with Crippen molar-refractivity contribution in [3.8, 4) is 0 Å². The summed E-state index contributed by atoms with van der Waals surface area (Å²) >= 11 is 8.94. The predicted molar refractivity (Wildman–Crippen MR) is 101 cm³/mol. The molecule has 23 heavy (non-hydrogen) atoms. The van der Waals surface area contributed by atoms with Crippen molar-refractivity contribution in [1.82, 2.24) is 9.80 Å². The molecule has 2 aliphatic rings. The van der Waals surface area contributed by atoms with Gasteiger partial charge in [-0.3, -0.25) is 4.90 Å². The summed E-state index contributed by atoms with van der Waals surface area (Å²) in [5.74, 6) is 0.647. The molecule has 1 atom stereocenters. The summed E-state index contributed by atoms with van der Waals surface area (Å²) in [6.07, 6.45) is 0.767. The number of hydrogen-bond acceptors (Lipinski definition) is 4. The molecule has 0 saturated carbocycles. The van der Waals surface area contributed by atoms with E-state index >= 15 is 0 Å². The van der Waals surface area contributed by atoms with Crippen LogP contribution in [0.1, 0.15) is 6.42 Å². The first kappa shape index (κ1) is 17.1. The zero-order valence-corrected chi connectivity index (χ0v) is 16.0. The molecule has 2 aliphatic heterocycles. The van der Waals surface area contributed by atoms with Gasteiger partial charge in [0.25, 0.3) is 0 Å². The zero-order valence-electron chi connectivity index (χ0n) is 12.7. The molecule has 0 amide bonds. The fourth-order valence-electron chi connectivity index (χ4n) is 3.12. The minimum absolute atomic E-state index is 0.189. The average Bonchev–Trinajstić information content (AvgIpc) is 2.87. The second-order valence-electron chi connectivity index (χ2n) is 6.02. The maximum Gasteiger partial charge on any atom is 0.173 e. The van der Waals surface area contributed by atoms with Crippen LogP contribution in [0.5, 0.6) is 0 Å². The Morgan fingerprint density at radius 2 is 2.00 bits per heavy atom. The van der Waals surface area contributed by atoms with Crippen molar-refractivity contribution in [2.75, 3.05) is 43.0 Å². The number of thiocarbonyl (C=S) groups is 1. The van der Waals surface area contributed by atoms with Crippen LogP contribution in [0, 0.1) is 0 Å². The van der Waals surface area contributed by atoms with Gasteiger partial charge in [-0.15, -0.1) is 0 Å². The lowest BCUT2D eigenvalue weighted by Gasteiger charge is -2.38. The smallest absolute Gasteiger partial charge is 0.173 e. The number of anilines is 1. The van der Waals surface area contributed by atoms with E-state index in [1.165, 1.54) is 0 Å². The van der Waals surface area contributed by atoms with Crippen molar-refractivity contribution in [3.05, 3.63) is 28.7 Å². The maximum absolute atomic E-state index is 11.6. The minimum atomic E-state index is -2.82. The highest BCUT2D eigenvalue weighted by Gasteiger charge is 2.33. The molecule has 1 aromatic rings.